The van der Waals surface area contributed by atoms with Gasteiger partial charge in [-0.25, -0.2) is 15.0 Å². The Bertz CT molecular complexity index is 3040. The van der Waals surface area contributed by atoms with Gasteiger partial charge in [0.15, 0.2) is 17.5 Å². The Morgan fingerprint density at radius 2 is 0.855 bits per heavy atom. The summed E-state index contributed by atoms with van der Waals surface area (Å²) in [5.74, 6) is 1.95. The molecule has 0 bridgehead atoms. The molecule has 1 aliphatic carbocycles. The molecule has 0 saturated heterocycles. The maximum absolute atomic E-state index is 5.25. The van der Waals surface area contributed by atoms with Crippen LogP contribution >= 0.6 is 0 Å². The highest BCUT2D eigenvalue weighted by atomic mass is 15.0. The van der Waals surface area contributed by atoms with Crippen LogP contribution in [0.4, 0.5) is 0 Å². The van der Waals surface area contributed by atoms with Gasteiger partial charge in [0.05, 0.1) is 5.41 Å². The number of aromatic nitrogens is 3. The van der Waals surface area contributed by atoms with Crippen molar-refractivity contribution in [2.24, 2.45) is 0 Å². The molecule has 0 radical (unpaired) electrons. The number of nitrogens with zero attached hydrogens (tertiary/aromatic N) is 3. The molecular weight excluding hydrogens is 667 g/mol. The highest BCUT2D eigenvalue weighted by molar-refractivity contribution is 6.13. The Hall–Kier alpha value is -7.23. The summed E-state index contributed by atoms with van der Waals surface area (Å²) in [5, 5.41) is 6.98. The zero-order chi connectivity index (χ0) is 36.3. The van der Waals surface area contributed by atoms with Crippen LogP contribution in [0.15, 0.2) is 200 Å². The minimum Gasteiger partial charge on any atom is -0.208 e. The third-order valence-corrected chi connectivity index (χ3v) is 11.4. The van der Waals surface area contributed by atoms with E-state index in [2.05, 4.69) is 182 Å². The molecule has 0 spiro atoms. The van der Waals surface area contributed by atoms with E-state index >= 15 is 0 Å². The SMILES string of the molecule is c1ccc(-c2nc(-c3ccc4cc5c(cc4c3)-c3ccccc3C5(c3ccccc3)c3ccccc3)nc(-c3cc4ccccc4c4ccccc34)n2)cc1. The fraction of sp³-hybridized carbons (Fsp3) is 0.0192. The van der Waals surface area contributed by atoms with Crippen molar-refractivity contribution >= 4 is 32.3 Å². The van der Waals surface area contributed by atoms with E-state index in [9.17, 15) is 0 Å². The first-order chi connectivity index (χ1) is 27.3. The van der Waals surface area contributed by atoms with Crippen molar-refractivity contribution in [3.63, 3.8) is 0 Å². The predicted octanol–water partition coefficient (Wildman–Crippen LogP) is 12.7. The highest BCUT2D eigenvalue weighted by Crippen LogP contribution is 2.56. The molecule has 0 fully saturated rings. The molecule has 0 N–H and O–H groups in total. The van der Waals surface area contributed by atoms with Gasteiger partial charge in [-0.3, -0.25) is 0 Å². The smallest absolute Gasteiger partial charge is 0.164 e. The van der Waals surface area contributed by atoms with Gasteiger partial charge in [0.1, 0.15) is 0 Å². The number of rotatable bonds is 5. The Morgan fingerprint density at radius 3 is 1.60 bits per heavy atom. The number of hydrogen-bond acceptors (Lipinski definition) is 3. The standard InChI is InChI=1S/C52H33N3/c1-4-16-34(17-5-1)49-53-50(55-51(54-49)46-31-36-18-10-11-23-41(36)42-24-12-13-25-43(42)46)37-29-28-35-33-48-45(32-38(35)30-37)44-26-14-15-27-47(44)52(48,39-19-6-2-7-20-39)40-21-8-3-9-22-40/h1-33H. The average Bonchev–Trinajstić information content (AvgIpc) is 3.55. The lowest BCUT2D eigenvalue weighted by Crippen LogP contribution is -2.28. The van der Waals surface area contributed by atoms with Crippen molar-refractivity contribution in [2.75, 3.05) is 0 Å². The van der Waals surface area contributed by atoms with Gasteiger partial charge in [0.25, 0.3) is 0 Å². The second-order valence-corrected chi connectivity index (χ2v) is 14.4. The van der Waals surface area contributed by atoms with Crippen molar-refractivity contribution < 1.29 is 0 Å². The van der Waals surface area contributed by atoms with Gasteiger partial charge in [-0.2, -0.15) is 0 Å². The molecule has 0 atom stereocenters. The second-order valence-electron chi connectivity index (χ2n) is 14.4. The topological polar surface area (TPSA) is 38.7 Å². The van der Waals surface area contributed by atoms with Crippen molar-refractivity contribution in [1.82, 2.24) is 15.0 Å². The van der Waals surface area contributed by atoms with Gasteiger partial charge in [-0.05, 0) is 90.0 Å². The molecule has 3 heteroatoms. The molecule has 11 rings (SSSR count). The third kappa shape index (κ3) is 4.87. The van der Waals surface area contributed by atoms with Gasteiger partial charge in [-0.15, -0.1) is 0 Å². The summed E-state index contributed by atoms with van der Waals surface area (Å²) in [4.78, 5) is 15.5. The lowest BCUT2D eigenvalue weighted by atomic mass is 9.67. The Balaban J connectivity index is 1.14. The molecule has 256 valence electrons. The lowest BCUT2D eigenvalue weighted by Gasteiger charge is -2.34. The predicted molar refractivity (Wildman–Crippen MR) is 226 cm³/mol. The highest BCUT2D eigenvalue weighted by Gasteiger charge is 2.46. The minimum atomic E-state index is -0.447. The molecule has 1 heterocycles. The van der Waals surface area contributed by atoms with Gasteiger partial charge in [0, 0.05) is 16.7 Å². The third-order valence-electron chi connectivity index (χ3n) is 11.4. The van der Waals surface area contributed by atoms with Crippen LogP contribution in [0.5, 0.6) is 0 Å². The van der Waals surface area contributed by atoms with Crippen molar-refractivity contribution in [1.29, 1.82) is 0 Å². The normalized spacial score (nSPS) is 12.9. The molecule has 1 aromatic heterocycles. The molecule has 0 unspecified atom stereocenters. The molecule has 9 aromatic carbocycles. The second kappa shape index (κ2) is 12.4. The first-order valence-corrected chi connectivity index (χ1v) is 18.8. The fourth-order valence-electron chi connectivity index (χ4n) is 8.91. The summed E-state index contributed by atoms with van der Waals surface area (Å²) in [6, 6.07) is 71.7. The fourth-order valence-corrected chi connectivity index (χ4v) is 8.91. The monoisotopic (exact) mass is 699 g/mol. The average molecular weight is 700 g/mol. The van der Waals surface area contributed by atoms with Crippen LogP contribution in [0.3, 0.4) is 0 Å². The molecular formula is C52H33N3. The zero-order valence-corrected chi connectivity index (χ0v) is 29.9. The van der Waals surface area contributed by atoms with Crippen molar-refractivity contribution in [3.05, 3.63) is 222 Å². The Labute approximate surface area is 319 Å². The van der Waals surface area contributed by atoms with Gasteiger partial charge in [0.2, 0.25) is 0 Å². The molecule has 0 amide bonds. The van der Waals surface area contributed by atoms with Crippen molar-refractivity contribution in [3.8, 4) is 45.3 Å². The zero-order valence-electron chi connectivity index (χ0n) is 29.9. The van der Waals surface area contributed by atoms with E-state index in [1.807, 2.05) is 18.2 Å². The van der Waals surface area contributed by atoms with E-state index in [1.165, 1.54) is 49.5 Å². The summed E-state index contributed by atoms with van der Waals surface area (Å²) in [5.41, 5.74) is 10.1. The first-order valence-electron chi connectivity index (χ1n) is 18.8. The lowest BCUT2D eigenvalue weighted by molar-refractivity contribution is 0.769. The summed E-state index contributed by atoms with van der Waals surface area (Å²) in [6.07, 6.45) is 0. The molecule has 0 saturated carbocycles. The summed E-state index contributed by atoms with van der Waals surface area (Å²) in [6.45, 7) is 0. The van der Waals surface area contributed by atoms with Crippen molar-refractivity contribution in [2.45, 2.75) is 5.41 Å². The minimum absolute atomic E-state index is 0.447. The van der Waals surface area contributed by atoms with Crippen LogP contribution in [-0.4, -0.2) is 15.0 Å². The number of benzene rings is 9. The maximum atomic E-state index is 5.25. The Morgan fingerprint density at radius 1 is 0.291 bits per heavy atom. The maximum Gasteiger partial charge on any atom is 0.164 e. The van der Waals surface area contributed by atoms with E-state index in [0.29, 0.717) is 17.5 Å². The molecule has 1 aliphatic rings. The van der Waals surface area contributed by atoms with Crippen LogP contribution in [-0.2, 0) is 5.41 Å². The Kier molecular flexibility index (Phi) is 7.08. The van der Waals surface area contributed by atoms with Crippen LogP contribution in [0.1, 0.15) is 22.3 Å². The van der Waals surface area contributed by atoms with E-state index in [-0.39, 0.29) is 0 Å². The quantitative estimate of drug-likeness (QED) is 0.168. The van der Waals surface area contributed by atoms with E-state index in [0.717, 1.165) is 32.8 Å². The van der Waals surface area contributed by atoms with Crippen LogP contribution in [0.2, 0.25) is 0 Å². The first kappa shape index (κ1) is 31.3. The van der Waals surface area contributed by atoms with Gasteiger partial charge < -0.3 is 0 Å². The molecule has 10 aromatic rings. The molecule has 0 aliphatic heterocycles. The van der Waals surface area contributed by atoms with Gasteiger partial charge >= 0.3 is 0 Å². The van der Waals surface area contributed by atoms with E-state index < -0.39 is 5.41 Å². The molecule has 55 heavy (non-hydrogen) atoms. The summed E-state index contributed by atoms with van der Waals surface area (Å²) >= 11 is 0. The van der Waals surface area contributed by atoms with Crippen LogP contribution < -0.4 is 0 Å². The van der Waals surface area contributed by atoms with E-state index in [1.54, 1.807) is 0 Å². The van der Waals surface area contributed by atoms with Crippen LogP contribution in [0.25, 0.3) is 77.6 Å². The summed E-state index contributed by atoms with van der Waals surface area (Å²) in [7, 11) is 0. The number of fused-ring (bicyclic) bond motifs is 7. The van der Waals surface area contributed by atoms with Gasteiger partial charge in [-0.1, -0.05) is 176 Å². The van der Waals surface area contributed by atoms with Crippen LogP contribution in [0, 0.1) is 0 Å². The largest absolute Gasteiger partial charge is 0.208 e. The summed E-state index contributed by atoms with van der Waals surface area (Å²) < 4.78 is 0. The molecule has 3 nitrogen and oxygen atoms in total. The number of hydrogen-bond donors (Lipinski definition) is 0. The van der Waals surface area contributed by atoms with E-state index in [4.69, 9.17) is 15.0 Å².